The molecule has 59 heavy (non-hydrogen) atoms. The molecule has 1 aromatic carbocycles. The monoisotopic (exact) mass is 836 g/mol. The second-order valence-electron chi connectivity index (χ2n) is 17.8. The predicted molar refractivity (Wildman–Crippen MR) is 217 cm³/mol. The van der Waals surface area contributed by atoms with E-state index in [4.69, 9.17) is 9.47 Å². The fraction of sp³-hybridized carbons (Fsp3) is 0.698. The average molecular weight is 837 g/mol. The lowest BCUT2D eigenvalue weighted by molar-refractivity contribution is -0.141. The van der Waals surface area contributed by atoms with E-state index in [0.29, 0.717) is 51.6 Å². The summed E-state index contributed by atoms with van der Waals surface area (Å²) in [6, 6.07) is 5.79. The van der Waals surface area contributed by atoms with Crippen LogP contribution in [0.15, 0.2) is 36.4 Å². The van der Waals surface area contributed by atoms with Gasteiger partial charge >= 0.3 is 12.2 Å². The number of hydrogen-bond acceptors (Lipinski definition) is 10. The molecule has 2 saturated heterocycles. The van der Waals surface area contributed by atoms with Crippen molar-refractivity contribution < 1.29 is 41.9 Å². The van der Waals surface area contributed by atoms with Gasteiger partial charge in [0.2, 0.25) is 21.8 Å². The maximum Gasteiger partial charge on any atom is 0.410 e. The van der Waals surface area contributed by atoms with Crippen LogP contribution in [0.5, 0.6) is 0 Å². The lowest BCUT2D eigenvalue weighted by Crippen LogP contribution is -2.58. The van der Waals surface area contributed by atoms with E-state index < -0.39 is 74.8 Å². The molecule has 0 bridgehead atoms. The number of allylic oxidation sites excluding steroid dienone is 1. The number of carbonyl (C=O) groups excluding carboxylic acids is 5. The van der Waals surface area contributed by atoms with Crippen LogP contribution in [-0.2, 0) is 40.3 Å². The highest BCUT2D eigenvalue weighted by molar-refractivity contribution is 7.91. The first-order valence-electron chi connectivity index (χ1n) is 22.1. The number of amides is 5. The number of rotatable bonds is 8. The number of nitrogens with zero attached hydrogens (tertiary/aromatic N) is 3. The molecule has 4 heterocycles. The van der Waals surface area contributed by atoms with Gasteiger partial charge in [0.15, 0.2) is 0 Å². The number of sulfonamides is 1. The van der Waals surface area contributed by atoms with Gasteiger partial charge in [0.25, 0.3) is 5.91 Å². The van der Waals surface area contributed by atoms with Gasteiger partial charge in [-0.25, -0.2) is 18.0 Å². The number of alkyl carbamates (subject to hydrolysis) is 1. The number of ether oxygens (including phenoxy) is 2. The zero-order chi connectivity index (χ0) is 41.1. The van der Waals surface area contributed by atoms with E-state index in [1.54, 1.807) is 4.90 Å². The SMILES string of the molecule is O=C(N[C@H]1CCCCC/C=C\[C@@H]2C[C@@]2(C(=O)NS(=O)(=O)C2CC2)NC(=O)[C@@H]2C[C@@H](OC(=O)N3CCc4ccccc4[C@H]3CN3CCCCC3)CN2C1=O)OC1CCCC1. The highest BCUT2D eigenvalue weighted by Gasteiger charge is 2.62. The molecule has 15 nitrogen and oxygen atoms in total. The third-order valence-corrected chi connectivity index (χ3v) is 15.3. The molecule has 322 valence electrons. The van der Waals surface area contributed by atoms with Crippen molar-refractivity contribution in [3.63, 3.8) is 0 Å². The van der Waals surface area contributed by atoms with Crippen LogP contribution in [0, 0.1) is 5.92 Å². The van der Waals surface area contributed by atoms with Crippen molar-refractivity contribution in [3.8, 4) is 0 Å². The Bertz CT molecular complexity index is 1890. The van der Waals surface area contributed by atoms with Crippen molar-refractivity contribution in [2.45, 2.75) is 150 Å². The van der Waals surface area contributed by atoms with Crippen molar-refractivity contribution in [3.05, 3.63) is 47.5 Å². The summed E-state index contributed by atoms with van der Waals surface area (Å²) in [6.45, 7) is 2.96. The van der Waals surface area contributed by atoms with Crippen molar-refractivity contribution in [1.82, 2.24) is 30.1 Å². The van der Waals surface area contributed by atoms with Crippen molar-refractivity contribution in [2.75, 3.05) is 32.7 Å². The maximum absolute atomic E-state index is 14.7. The predicted octanol–water partition coefficient (Wildman–Crippen LogP) is 4.22. The molecule has 1 aromatic rings. The van der Waals surface area contributed by atoms with Gasteiger partial charge in [-0.05, 0) is 108 Å². The van der Waals surface area contributed by atoms with Crippen LogP contribution in [0.25, 0.3) is 0 Å². The standard InChI is InChI=1S/C43H60N6O9S/c50-38-36-25-32(58-42(54)48-24-21-29-13-7-10-17-34(29)37(48)28-47-22-11-4-12-23-47)27-49(36)39(51)35(44-41(53)57-31-15-8-9-16-31)18-6-3-1-2-5-14-30-26-43(30,45-38)40(52)46-59(55,56)33-19-20-33/h5,7,10,13-14,17,30-33,35-37H,1-4,6,8-9,11-12,15-16,18-28H2,(H,44,53)(H,45,50)(H,46,52)/b14-5-/t30-,32-,35+,36+,37-,43-/m1/s1. The van der Waals surface area contributed by atoms with Crippen molar-refractivity contribution in [2.24, 2.45) is 5.92 Å². The molecule has 8 rings (SSSR count). The van der Waals surface area contributed by atoms with Crippen molar-refractivity contribution in [1.29, 1.82) is 0 Å². The van der Waals surface area contributed by atoms with E-state index in [2.05, 4.69) is 32.4 Å². The fourth-order valence-corrected chi connectivity index (χ4v) is 11.2. The Morgan fingerprint density at radius 2 is 1.61 bits per heavy atom. The number of benzene rings is 1. The van der Waals surface area contributed by atoms with Crippen LogP contribution < -0.4 is 15.4 Å². The fourth-order valence-electron chi connectivity index (χ4n) is 9.85. The quantitative estimate of drug-likeness (QED) is 0.321. The molecule has 5 amide bonds. The Morgan fingerprint density at radius 3 is 2.39 bits per heavy atom. The van der Waals surface area contributed by atoms with Gasteiger partial charge in [-0.3, -0.25) is 24.0 Å². The van der Waals surface area contributed by atoms with Crippen molar-refractivity contribution >= 4 is 39.9 Å². The second kappa shape index (κ2) is 17.8. The first-order chi connectivity index (χ1) is 28.5. The normalized spacial score (nSPS) is 31.4. The van der Waals surface area contributed by atoms with E-state index in [1.165, 1.54) is 16.9 Å². The van der Waals surface area contributed by atoms with E-state index in [1.807, 2.05) is 24.3 Å². The zero-order valence-electron chi connectivity index (χ0n) is 34.0. The number of hydrogen-bond donors (Lipinski definition) is 3. The van der Waals surface area contributed by atoms with Gasteiger partial charge in [-0.2, -0.15) is 0 Å². The molecule has 7 aliphatic rings. The molecule has 0 aromatic heterocycles. The van der Waals surface area contributed by atoms with Gasteiger partial charge in [0, 0.05) is 25.4 Å². The number of carbonyl (C=O) groups is 5. The summed E-state index contributed by atoms with van der Waals surface area (Å²) >= 11 is 0. The summed E-state index contributed by atoms with van der Waals surface area (Å²) in [4.78, 5) is 76.0. The number of fused-ring (bicyclic) bond motifs is 3. The van der Waals surface area contributed by atoms with Crippen LogP contribution >= 0.6 is 0 Å². The topological polar surface area (TPSA) is 184 Å². The summed E-state index contributed by atoms with van der Waals surface area (Å²) < 4.78 is 40.0. The molecular weight excluding hydrogens is 777 g/mol. The van der Waals surface area contributed by atoms with Gasteiger partial charge in [-0.1, -0.05) is 55.7 Å². The Balaban J connectivity index is 1.04. The lowest BCUT2D eigenvalue weighted by Gasteiger charge is -2.40. The molecule has 3 saturated carbocycles. The largest absolute Gasteiger partial charge is 0.446 e. The number of piperidine rings is 1. The Hall–Kier alpha value is -4.18. The van der Waals surface area contributed by atoms with E-state index in [9.17, 15) is 32.4 Å². The summed E-state index contributed by atoms with van der Waals surface area (Å²) in [5.41, 5.74) is 0.771. The van der Waals surface area contributed by atoms with Gasteiger partial charge in [0.05, 0.1) is 17.8 Å². The van der Waals surface area contributed by atoms with Crippen LogP contribution in [0.3, 0.4) is 0 Å². The second-order valence-corrected chi connectivity index (χ2v) is 19.7. The lowest BCUT2D eigenvalue weighted by atomic mass is 9.92. The first-order valence-corrected chi connectivity index (χ1v) is 23.6. The first kappa shape index (κ1) is 41.5. The van der Waals surface area contributed by atoms with Gasteiger partial charge < -0.3 is 29.9 Å². The molecule has 3 aliphatic carbocycles. The highest BCUT2D eigenvalue weighted by Crippen LogP contribution is 2.46. The summed E-state index contributed by atoms with van der Waals surface area (Å²) in [7, 11) is -3.91. The summed E-state index contributed by atoms with van der Waals surface area (Å²) in [5, 5.41) is 5.06. The number of likely N-dealkylation sites (tertiary alicyclic amines) is 1. The molecule has 16 heteroatoms. The average Bonchev–Trinajstić information content (AvgIpc) is 4.10. The molecule has 3 N–H and O–H groups in total. The molecule has 0 radical (unpaired) electrons. The minimum Gasteiger partial charge on any atom is -0.446 e. The molecule has 0 unspecified atom stereocenters. The third kappa shape index (κ3) is 9.58. The third-order valence-electron chi connectivity index (χ3n) is 13.5. The van der Waals surface area contributed by atoms with Crippen LogP contribution in [-0.4, -0.2) is 121 Å². The molecular formula is C43H60N6O9S. The van der Waals surface area contributed by atoms with Gasteiger partial charge in [-0.15, -0.1) is 0 Å². The van der Waals surface area contributed by atoms with Crippen LogP contribution in [0.1, 0.15) is 120 Å². The zero-order valence-corrected chi connectivity index (χ0v) is 34.8. The highest BCUT2D eigenvalue weighted by atomic mass is 32.2. The van der Waals surface area contributed by atoms with E-state index in [-0.39, 0.29) is 31.5 Å². The molecule has 0 spiro atoms. The maximum atomic E-state index is 14.7. The van der Waals surface area contributed by atoms with Crippen LogP contribution in [0.2, 0.25) is 0 Å². The Labute approximate surface area is 347 Å². The van der Waals surface area contributed by atoms with Crippen LogP contribution in [0.4, 0.5) is 9.59 Å². The van der Waals surface area contributed by atoms with Gasteiger partial charge in [0.1, 0.15) is 29.8 Å². The Morgan fingerprint density at radius 1 is 0.864 bits per heavy atom. The minimum atomic E-state index is -3.91. The Kier molecular flexibility index (Phi) is 12.5. The van der Waals surface area contributed by atoms with E-state index >= 15 is 0 Å². The summed E-state index contributed by atoms with van der Waals surface area (Å²) in [5.74, 6) is -2.39. The smallest absolute Gasteiger partial charge is 0.410 e. The van der Waals surface area contributed by atoms with E-state index in [0.717, 1.165) is 70.0 Å². The molecule has 6 atom stereocenters. The number of nitrogens with one attached hydrogen (secondary N) is 3. The minimum absolute atomic E-state index is 0.0393. The summed E-state index contributed by atoms with van der Waals surface area (Å²) in [6.07, 6.45) is 13.4. The molecule has 4 aliphatic heterocycles. The molecule has 5 fully saturated rings.